The second-order valence-corrected chi connectivity index (χ2v) is 3.54. The molecule has 2 heteroatoms. The van der Waals surface area contributed by atoms with Crippen LogP contribution in [0.25, 0.3) is 0 Å². The van der Waals surface area contributed by atoms with Crippen molar-refractivity contribution in [3.8, 4) is 0 Å². The van der Waals surface area contributed by atoms with Crippen LogP contribution in [-0.2, 0) is 9.53 Å². The van der Waals surface area contributed by atoms with Crippen LogP contribution in [0.4, 0.5) is 0 Å². The van der Waals surface area contributed by atoms with Crippen molar-refractivity contribution in [1.82, 2.24) is 0 Å². The molecule has 0 spiro atoms. The van der Waals surface area contributed by atoms with Crippen LogP contribution in [-0.4, -0.2) is 11.6 Å². The summed E-state index contributed by atoms with van der Waals surface area (Å²) in [6.07, 6.45) is 4.04. The van der Waals surface area contributed by atoms with Gasteiger partial charge in [-0.2, -0.15) is 0 Å². The van der Waals surface area contributed by atoms with Gasteiger partial charge in [-0.05, 0) is 19.8 Å². The summed E-state index contributed by atoms with van der Waals surface area (Å²) >= 11 is 0. The van der Waals surface area contributed by atoms with Crippen LogP contribution in [0.1, 0.15) is 53.4 Å². The van der Waals surface area contributed by atoms with Crippen LogP contribution >= 0.6 is 0 Å². The van der Waals surface area contributed by atoms with Crippen molar-refractivity contribution in [3.63, 3.8) is 0 Å². The normalized spacial score (nSPS) is 11.3. The molecular weight excluding hydrogens is 152 g/mol. The molecule has 0 fully saturated rings. The Bertz CT molecular complexity index is 135. The number of esters is 1. The molecule has 0 atom stereocenters. The van der Waals surface area contributed by atoms with Crippen molar-refractivity contribution in [2.24, 2.45) is 0 Å². The topological polar surface area (TPSA) is 26.3 Å². The van der Waals surface area contributed by atoms with E-state index in [1.165, 1.54) is 6.92 Å². The molecule has 0 radical (unpaired) electrons. The third-order valence-corrected chi connectivity index (χ3v) is 1.95. The minimum absolute atomic E-state index is 0.167. The fraction of sp³-hybridized carbons (Fsp3) is 0.900. The van der Waals surface area contributed by atoms with E-state index < -0.39 is 0 Å². The van der Waals surface area contributed by atoms with Gasteiger partial charge in [-0.15, -0.1) is 0 Å². The molecule has 0 aliphatic carbocycles. The molecule has 72 valence electrons. The Hall–Kier alpha value is -0.530. The highest BCUT2D eigenvalue weighted by Gasteiger charge is 2.24. The van der Waals surface area contributed by atoms with Crippen LogP contribution < -0.4 is 0 Å². The van der Waals surface area contributed by atoms with Crippen molar-refractivity contribution in [1.29, 1.82) is 0 Å². The van der Waals surface area contributed by atoms with Crippen molar-refractivity contribution in [2.45, 2.75) is 59.0 Å². The molecule has 0 saturated carbocycles. The summed E-state index contributed by atoms with van der Waals surface area (Å²) in [6.45, 7) is 7.71. The van der Waals surface area contributed by atoms with E-state index in [1.54, 1.807) is 0 Å². The van der Waals surface area contributed by atoms with Crippen LogP contribution in [0.5, 0.6) is 0 Å². The maximum atomic E-state index is 10.8. The maximum Gasteiger partial charge on any atom is 0.303 e. The van der Waals surface area contributed by atoms with Crippen LogP contribution in [0.15, 0.2) is 0 Å². The van der Waals surface area contributed by atoms with Gasteiger partial charge < -0.3 is 4.74 Å². The first-order valence-electron chi connectivity index (χ1n) is 4.73. The largest absolute Gasteiger partial charge is 0.460 e. The van der Waals surface area contributed by atoms with Gasteiger partial charge in [-0.1, -0.05) is 26.7 Å². The molecule has 12 heavy (non-hydrogen) atoms. The first-order chi connectivity index (χ1) is 5.54. The molecule has 0 heterocycles. The number of hydrogen-bond donors (Lipinski definition) is 0. The SMILES string of the molecule is CCCC(C)(CCC)OC(C)=O. The monoisotopic (exact) mass is 172 g/mol. The van der Waals surface area contributed by atoms with Gasteiger partial charge >= 0.3 is 5.97 Å². The maximum absolute atomic E-state index is 10.8. The van der Waals surface area contributed by atoms with Gasteiger partial charge in [0.1, 0.15) is 5.60 Å². The van der Waals surface area contributed by atoms with Gasteiger partial charge in [0.25, 0.3) is 0 Å². The first-order valence-corrected chi connectivity index (χ1v) is 4.73. The van der Waals surface area contributed by atoms with Crippen molar-refractivity contribution in [3.05, 3.63) is 0 Å². The minimum Gasteiger partial charge on any atom is -0.460 e. The lowest BCUT2D eigenvalue weighted by Crippen LogP contribution is -2.30. The molecule has 2 nitrogen and oxygen atoms in total. The molecule has 0 saturated heterocycles. The Morgan fingerprint density at radius 2 is 1.67 bits per heavy atom. The minimum atomic E-state index is -0.227. The number of ether oxygens (including phenoxy) is 1. The molecule has 0 N–H and O–H groups in total. The summed E-state index contributed by atoms with van der Waals surface area (Å²) in [7, 11) is 0. The van der Waals surface area contributed by atoms with Gasteiger partial charge in [0.2, 0.25) is 0 Å². The average molecular weight is 172 g/mol. The Morgan fingerprint density at radius 1 is 1.25 bits per heavy atom. The third kappa shape index (κ3) is 4.37. The lowest BCUT2D eigenvalue weighted by Gasteiger charge is -2.28. The van der Waals surface area contributed by atoms with E-state index in [4.69, 9.17) is 4.74 Å². The quantitative estimate of drug-likeness (QED) is 0.596. The molecule has 0 unspecified atom stereocenters. The lowest BCUT2D eigenvalue weighted by atomic mass is 9.95. The van der Waals surface area contributed by atoms with Crippen LogP contribution in [0.2, 0.25) is 0 Å². The van der Waals surface area contributed by atoms with E-state index in [-0.39, 0.29) is 11.6 Å². The highest BCUT2D eigenvalue weighted by Crippen LogP contribution is 2.23. The Morgan fingerprint density at radius 3 is 1.92 bits per heavy atom. The summed E-state index contributed by atoms with van der Waals surface area (Å²) in [4.78, 5) is 10.8. The van der Waals surface area contributed by atoms with E-state index >= 15 is 0 Å². The highest BCUT2D eigenvalue weighted by molar-refractivity contribution is 5.66. The molecule has 0 aromatic carbocycles. The van der Waals surface area contributed by atoms with Gasteiger partial charge in [-0.25, -0.2) is 0 Å². The zero-order chi connectivity index (χ0) is 9.61. The number of hydrogen-bond acceptors (Lipinski definition) is 2. The Kier molecular flexibility index (Phi) is 4.95. The smallest absolute Gasteiger partial charge is 0.303 e. The Labute approximate surface area is 75.3 Å². The fourth-order valence-electron chi connectivity index (χ4n) is 1.63. The van der Waals surface area contributed by atoms with E-state index in [0.29, 0.717) is 0 Å². The molecular formula is C10H20O2. The van der Waals surface area contributed by atoms with E-state index in [0.717, 1.165) is 25.7 Å². The van der Waals surface area contributed by atoms with Crippen molar-refractivity contribution in [2.75, 3.05) is 0 Å². The average Bonchev–Trinajstić information content (AvgIpc) is 1.85. The van der Waals surface area contributed by atoms with E-state index in [9.17, 15) is 4.79 Å². The summed E-state index contributed by atoms with van der Waals surface area (Å²) in [5.74, 6) is -0.167. The fourth-order valence-corrected chi connectivity index (χ4v) is 1.63. The zero-order valence-corrected chi connectivity index (χ0v) is 8.64. The van der Waals surface area contributed by atoms with Crippen LogP contribution in [0, 0.1) is 0 Å². The first kappa shape index (κ1) is 11.5. The predicted molar refractivity (Wildman–Crippen MR) is 50.0 cm³/mol. The van der Waals surface area contributed by atoms with E-state index in [2.05, 4.69) is 13.8 Å². The summed E-state index contributed by atoms with van der Waals surface area (Å²) in [6, 6.07) is 0. The summed E-state index contributed by atoms with van der Waals surface area (Å²) in [5, 5.41) is 0. The molecule has 0 rings (SSSR count). The Balaban J connectivity index is 4.07. The number of rotatable bonds is 5. The molecule has 0 bridgehead atoms. The number of carbonyl (C=O) groups is 1. The summed E-state index contributed by atoms with van der Waals surface area (Å²) in [5.41, 5.74) is -0.227. The highest BCUT2D eigenvalue weighted by atomic mass is 16.6. The van der Waals surface area contributed by atoms with Gasteiger partial charge in [0.05, 0.1) is 0 Å². The second kappa shape index (κ2) is 5.18. The van der Waals surface area contributed by atoms with Gasteiger partial charge in [0.15, 0.2) is 0 Å². The second-order valence-electron chi connectivity index (χ2n) is 3.54. The molecule has 0 aromatic rings. The van der Waals surface area contributed by atoms with E-state index in [1.807, 2.05) is 6.92 Å². The summed E-state index contributed by atoms with van der Waals surface area (Å²) < 4.78 is 5.28. The standard InChI is InChI=1S/C10H20O2/c1-5-7-10(4,8-6-2)12-9(3)11/h5-8H2,1-4H3. The molecule has 0 aromatic heterocycles. The van der Waals surface area contributed by atoms with Crippen molar-refractivity contribution < 1.29 is 9.53 Å². The van der Waals surface area contributed by atoms with Crippen molar-refractivity contribution >= 4 is 5.97 Å². The third-order valence-electron chi connectivity index (χ3n) is 1.95. The molecule has 0 aliphatic rings. The molecule has 0 amide bonds. The van der Waals surface area contributed by atoms with Gasteiger partial charge in [0, 0.05) is 6.92 Å². The molecule has 0 aliphatic heterocycles. The van der Waals surface area contributed by atoms with Crippen LogP contribution in [0.3, 0.4) is 0 Å². The lowest BCUT2D eigenvalue weighted by molar-refractivity contribution is -0.156. The zero-order valence-electron chi connectivity index (χ0n) is 8.64. The predicted octanol–water partition coefficient (Wildman–Crippen LogP) is 2.91. The van der Waals surface area contributed by atoms with Gasteiger partial charge in [-0.3, -0.25) is 4.79 Å². The number of carbonyl (C=O) groups excluding carboxylic acids is 1.